The number of ether oxygens (including phenoxy) is 1. The molecule has 0 fully saturated rings. The Bertz CT molecular complexity index is 768. The predicted molar refractivity (Wildman–Crippen MR) is 97.6 cm³/mol. The number of pyridine rings is 1. The minimum Gasteiger partial charge on any atom is -0.495 e. The number of carboxylic acid groups (broad SMARTS) is 2. The SMILES string of the molecule is COc1ccc(C)cc1NC(=O)CNCc1cccnc1.O=C(O)C(=O)O. The number of aromatic nitrogens is 1. The molecule has 27 heavy (non-hydrogen) atoms. The number of aryl methyl sites for hydroxylation is 1. The van der Waals surface area contributed by atoms with Crippen molar-refractivity contribution in [3.63, 3.8) is 0 Å². The van der Waals surface area contributed by atoms with E-state index in [-0.39, 0.29) is 12.5 Å². The lowest BCUT2D eigenvalue weighted by molar-refractivity contribution is -0.159. The van der Waals surface area contributed by atoms with Crippen molar-refractivity contribution in [2.75, 3.05) is 19.0 Å². The second kappa shape index (κ2) is 11.2. The average molecular weight is 375 g/mol. The van der Waals surface area contributed by atoms with Gasteiger partial charge in [0.2, 0.25) is 5.91 Å². The second-order valence-electron chi connectivity index (χ2n) is 5.33. The maximum Gasteiger partial charge on any atom is 0.414 e. The molecule has 9 nitrogen and oxygen atoms in total. The number of nitrogens with one attached hydrogen (secondary N) is 2. The highest BCUT2D eigenvalue weighted by atomic mass is 16.5. The third kappa shape index (κ3) is 8.45. The third-order valence-corrected chi connectivity index (χ3v) is 3.15. The van der Waals surface area contributed by atoms with Crippen LogP contribution < -0.4 is 15.4 Å². The van der Waals surface area contributed by atoms with E-state index in [1.54, 1.807) is 19.5 Å². The van der Waals surface area contributed by atoms with Gasteiger partial charge in [0.05, 0.1) is 19.3 Å². The molecule has 0 aliphatic rings. The molecular formula is C18H21N3O6. The molecule has 1 aromatic carbocycles. The van der Waals surface area contributed by atoms with Gasteiger partial charge in [0.25, 0.3) is 0 Å². The first kappa shape index (κ1) is 21.6. The minimum atomic E-state index is -1.82. The van der Waals surface area contributed by atoms with E-state index in [1.165, 1.54) is 0 Å². The van der Waals surface area contributed by atoms with Gasteiger partial charge in [-0.2, -0.15) is 0 Å². The minimum absolute atomic E-state index is 0.109. The second-order valence-corrected chi connectivity index (χ2v) is 5.33. The molecule has 144 valence electrons. The smallest absolute Gasteiger partial charge is 0.414 e. The van der Waals surface area contributed by atoms with Gasteiger partial charge < -0.3 is 25.6 Å². The van der Waals surface area contributed by atoms with E-state index in [1.807, 2.05) is 37.3 Å². The Balaban J connectivity index is 0.000000527. The predicted octanol–water partition coefficient (Wildman–Crippen LogP) is 1.28. The lowest BCUT2D eigenvalue weighted by atomic mass is 10.2. The molecule has 0 bridgehead atoms. The Labute approximate surface area is 156 Å². The van der Waals surface area contributed by atoms with Gasteiger partial charge in [0.1, 0.15) is 5.75 Å². The van der Waals surface area contributed by atoms with Gasteiger partial charge in [-0.15, -0.1) is 0 Å². The zero-order valence-corrected chi connectivity index (χ0v) is 14.9. The number of nitrogens with zero attached hydrogens (tertiary/aromatic N) is 1. The summed E-state index contributed by atoms with van der Waals surface area (Å²) in [5.74, 6) is -3.10. The summed E-state index contributed by atoms with van der Waals surface area (Å²) in [4.78, 5) is 34.2. The van der Waals surface area contributed by atoms with Crippen LogP contribution in [0.3, 0.4) is 0 Å². The van der Waals surface area contributed by atoms with Crippen LogP contribution >= 0.6 is 0 Å². The molecule has 0 unspecified atom stereocenters. The van der Waals surface area contributed by atoms with E-state index in [0.717, 1.165) is 11.1 Å². The molecule has 1 heterocycles. The first-order chi connectivity index (χ1) is 12.8. The van der Waals surface area contributed by atoms with Gasteiger partial charge >= 0.3 is 11.9 Å². The summed E-state index contributed by atoms with van der Waals surface area (Å²) in [7, 11) is 1.58. The highest BCUT2D eigenvalue weighted by molar-refractivity contribution is 6.27. The Hall–Kier alpha value is -3.46. The van der Waals surface area contributed by atoms with Crippen molar-refractivity contribution in [1.82, 2.24) is 10.3 Å². The van der Waals surface area contributed by atoms with Crippen molar-refractivity contribution in [3.05, 3.63) is 53.9 Å². The van der Waals surface area contributed by atoms with E-state index in [9.17, 15) is 4.79 Å². The first-order valence-electron chi connectivity index (χ1n) is 7.83. The number of carbonyl (C=O) groups is 3. The summed E-state index contributed by atoms with van der Waals surface area (Å²) in [6, 6.07) is 9.50. The molecule has 0 radical (unpaired) electrons. The Morgan fingerprint density at radius 2 is 1.85 bits per heavy atom. The van der Waals surface area contributed by atoms with Crippen LogP contribution in [-0.2, 0) is 20.9 Å². The van der Waals surface area contributed by atoms with Crippen molar-refractivity contribution in [1.29, 1.82) is 0 Å². The first-order valence-corrected chi connectivity index (χ1v) is 7.83. The van der Waals surface area contributed by atoms with Crippen molar-refractivity contribution in [2.24, 2.45) is 0 Å². The number of amides is 1. The number of hydrogen-bond donors (Lipinski definition) is 4. The van der Waals surface area contributed by atoms with Gasteiger partial charge in [-0.3, -0.25) is 9.78 Å². The maximum absolute atomic E-state index is 11.9. The summed E-state index contributed by atoms with van der Waals surface area (Å²) in [6.45, 7) is 2.80. The van der Waals surface area contributed by atoms with Crippen molar-refractivity contribution in [2.45, 2.75) is 13.5 Å². The maximum atomic E-state index is 11.9. The van der Waals surface area contributed by atoms with E-state index in [2.05, 4.69) is 15.6 Å². The lowest BCUT2D eigenvalue weighted by Crippen LogP contribution is -2.27. The molecule has 0 aliphatic heterocycles. The number of methoxy groups -OCH3 is 1. The van der Waals surface area contributed by atoms with Gasteiger partial charge in [0, 0.05) is 18.9 Å². The van der Waals surface area contributed by atoms with Crippen LogP contribution in [0.15, 0.2) is 42.7 Å². The molecule has 1 aromatic heterocycles. The summed E-state index contributed by atoms with van der Waals surface area (Å²) in [5.41, 5.74) is 2.79. The van der Waals surface area contributed by atoms with Gasteiger partial charge in [-0.1, -0.05) is 12.1 Å². The van der Waals surface area contributed by atoms with E-state index in [4.69, 9.17) is 24.5 Å². The fourth-order valence-electron chi connectivity index (χ4n) is 1.94. The Morgan fingerprint density at radius 1 is 1.15 bits per heavy atom. The van der Waals surface area contributed by atoms with Crippen LogP contribution in [0.25, 0.3) is 0 Å². The molecule has 2 rings (SSSR count). The van der Waals surface area contributed by atoms with Gasteiger partial charge in [-0.25, -0.2) is 9.59 Å². The molecule has 0 saturated heterocycles. The molecular weight excluding hydrogens is 354 g/mol. The van der Waals surface area contributed by atoms with E-state index >= 15 is 0 Å². The highest BCUT2D eigenvalue weighted by Crippen LogP contribution is 2.24. The zero-order valence-electron chi connectivity index (χ0n) is 14.9. The molecule has 0 atom stereocenters. The summed E-state index contributed by atoms with van der Waals surface area (Å²) in [5, 5.41) is 20.7. The van der Waals surface area contributed by atoms with Crippen LogP contribution in [0.1, 0.15) is 11.1 Å². The fraction of sp³-hybridized carbons (Fsp3) is 0.222. The van der Waals surface area contributed by atoms with Crippen molar-refractivity contribution < 1.29 is 29.3 Å². The number of aliphatic carboxylic acids is 2. The van der Waals surface area contributed by atoms with E-state index in [0.29, 0.717) is 18.0 Å². The molecule has 0 spiro atoms. The number of carboxylic acids is 2. The van der Waals surface area contributed by atoms with E-state index < -0.39 is 11.9 Å². The molecule has 4 N–H and O–H groups in total. The number of hydrogen-bond acceptors (Lipinski definition) is 6. The van der Waals surface area contributed by atoms with Crippen molar-refractivity contribution >= 4 is 23.5 Å². The quantitative estimate of drug-likeness (QED) is 0.554. The zero-order chi connectivity index (χ0) is 20.2. The molecule has 1 amide bonds. The molecule has 0 saturated carbocycles. The number of carbonyl (C=O) groups excluding carboxylic acids is 1. The fourth-order valence-corrected chi connectivity index (χ4v) is 1.94. The normalized spacial score (nSPS) is 9.56. The molecule has 0 aliphatic carbocycles. The van der Waals surface area contributed by atoms with Crippen LogP contribution in [0.4, 0.5) is 5.69 Å². The topological polar surface area (TPSA) is 138 Å². The van der Waals surface area contributed by atoms with Gasteiger partial charge in [-0.05, 0) is 36.2 Å². The summed E-state index contributed by atoms with van der Waals surface area (Å²) >= 11 is 0. The molecule has 2 aromatic rings. The average Bonchev–Trinajstić information content (AvgIpc) is 2.63. The summed E-state index contributed by atoms with van der Waals surface area (Å²) < 4.78 is 5.23. The Kier molecular flexibility index (Phi) is 8.96. The van der Waals surface area contributed by atoms with Crippen LogP contribution in [0.2, 0.25) is 0 Å². The van der Waals surface area contributed by atoms with Crippen LogP contribution in [-0.4, -0.2) is 46.7 Å². The number of benzene rings is 1. The van der Waals surface area contributed by atoms with Crippen molar-refractivity contribution in [3.8, 4) is 5.75 Å². The highest BCUT2D eigenvalue weighted by Gasteiger charge is 2.07. The van der Waals surface area contributed by atoms with Crippen LogP contribution in [0.5, 0.6) is 5.75 Å². The van der Waals surface area contributed by atoms with Gasteiger partial charge in [0.15, 0.2) is 0 Å². The third-order valence-electron chi connectivity index (χ3n) is 3.15. The van der Waals surface area contributed by atoms with Crippen LogP contribution in [0, 0.1) is 6.92 Å². The largest absolute Gasteiger partial charge is 0.495 e. The Morgan fingerprint density at radius 3 is 2.41 bits per heavy atom. The molecule has 9 heteroatoms. The monoisotopic (exact) mass is 375 g/mol. The number of rotatable bonds is 6. The number of anilines is 1. The lowest BCUT2D eigenvalue weighted by Gasteiger charge is -2.11. The standard InChI is InChI=1S/C16H19N3O2.C2H2O4/c1-12-5-6-15(21-2)14(8-12)19-16(20)11-18-10-13-4-3-7-17-9-13;3-1(4)2(5)6/h3-9,18H,10-11H2,1-2H3,(H,19,20);(H,3,4)(H,5,6). The summed E-state index contributed by atoms with van der Waals surface area (Å²) in [6.07, 6.45) is 3.49.